The van der Waals surface area contributed by atoms with Crippen molar-refractivity contribution >= 4 is 56.6 Å². The SMILES string of the molecule is C=C(Cl)CC1(C)CN(C(=O)Nc2ccc(Br)cc2)N=C1c1ccc(Cl)cc1. The molecule has 27 heavy (non-hydrogen) atoms. The molecule has 1 unspecified atom stereocenters. The third-order valence-electron chi connectivity index (χ3n) is 4.32. The summed E-state index contributed by atoms with van der Waals surface area (Å²) in [7, 11) is 0. The number of anilines is 1. The van der Waals surface area contributed by atoms with Gasteiger partial charge in [-0.1, -0.05) is 64.8 Å². The number of allylic oxidation sites excluding steroid dienone is 1. The van der Waals surface area contributed by atoms with Crippen LogP contribution in [0.1, 0.15) is 18.9 Å². The van der Waals surface area contributed by atoms with Crippen molar-refractivity contribution in [1.29, 1.82) is 0 Å². The average molecular weight is 467 g/mol. The maximum atomic E-state index is 12.7. The molecule has 0 fully saturated rings. The summed E-state index contributed by atoms with van der Waals surface area (Å²) in [5, 5.41) is 10.1. The molecule has 1 aliphatic heterocycles. The predicted molar refractivity (Wildman–Crippen MR) is 116 cm³/mol. The van der Waals surface area contributed by atoms with Crippen LogP contribution in [-0.4, -0.2) is 23.3 Å². The second-order valence-corrected chi connectivity index (χ2v) is 8.59. The Morgan fingerprint density at radius 2 is 1.89 bits per heavy atom. The largest absolute Gasteiger partial charge is 0.342 e. The summed E-state index contributed by atoms with van der Waals surface area (Å²) in [6.07, 6.45) is 0.512. The van der Waals surface area contributed by atoms with E-state index < -0.39 is 5.41 Å². The minimum absolute atomic E-state index is 0.298. The van der Waals surface area contributed by atoms with Crippen LogP contribution >= 0.6 is 39.1 Å². The number of halogens is 3. The zero-order valence-corrected chi connectivity index (χ0v) is 17.8. The summed E-state index contributed by atoms with van der Waals surface area (Å²) in [6, 6.07) is 14.5. The standard InChI is InChI=1S/C20H18BrCl2N3O/c1-13(22)11-20(2)12-26(19(27)24-17-9-5-15(21)6-10-17)25-18(20)14-3-7-16(23)8-4-14/h3-10H,1,11-12H2,2H3,(H,24,27). The number of amides is 2. The Morgan fingerprint density at radius 1 is 1.26 bits per heavy atom. The number of hydrogen-bond donors (Lipinski definition) is 1. The molecule has 0 bridgehead atoms. The van der Waals surface area contributed by atoms with Crippen molar-refractivity contribution in [2.45, 2.75) is 13.3 Å². The number of benzene rings is 2. The molecule has 4 nitrogen and oxygen atoms in total. The van der Waals surface area contributed by atoms with Gasteiger partial charge in [-0.3, -0.25) is 0 Å². The van der Waals surface area contributed by atoms with Gasteiger partial charge in [-0.2, -0.15) is 5.10 Å². The highest BCUT2D eigenvalue weighted by Gasteiger charge is 2.41. The summed E-state index contributed by atoms with van der Waals surface area (Å²) < 4.78 is 0.943. The molecule has 2 aromatic carbocycles. The molecule has 7 heteroatoms. The van der Waals surface area contributed by atoms with E-state index in [1.807, 2.05) is 43.3 Å². The van der Waals surface area contributed by atoms with Crippen LogP contribution in [0, 0.1) is 5.41 Å². The summed E-state index contributed by atoms with van der Waals surface area (Å²) in [5.74, 6) is 0. The smallest absolute Gasteiger partial charge is 0.306 e. The zero-order chi connectivity index (χ0) is 19.6. The monoisotopic (exact) mass is 465 g/mol. The molecule has 3 rings (SSSR count). The first kappa shape index (κ1) is 19.9. The summed E-state index contributed by atoms with van der Waals surface area (Å²) >= 11 is 15.5. The zero-order valence-electron chi connectivity index (χ0n) is 14.7. The fourth-order valence-electron chi connectivity index (χ4n) is 3.10. The van der Waals surface area contributed by atoms with Crippen LogP contribution in [0.2, 0.25) is 5.02 Å². The van der Waals surface area contributed by atoms with Crippen LogP contribution in [0.5, 0.6) is 0 Å². The van der Waals surface area contributed by atoms with E-state index in [-0.39, 0.29) is 6.03 Å². The summed E-state index contributed by atoms with van der Waals surface area (Å²) in [5.41, 5.74) is 1.94. The van der Waals surface area contributed by atoms with Crippen LogP contribution in [0.25, 0.3) is 0 Å². The lowest BCUT2D eigenvalue weighted by atomic mass is 9.79. The Kier molecular flexibility index (Phi) is 5.94. The number of nitrogens with one attached hydrogen (secondary N) is 1. The van der Waals surface area contributed by atoms with Gasteiger partial charge in [0, 0.05) is 25.6 Å². The molecular weight excluding hydrogens is 449 g/mol. The van der Waals surface area contributed by atoms with Crippen molar-refractivity contribution in [3.63, 3.8) is 0 Å². The van der Waals surface area contributed by atoms with Gasteiger partial charge >= 0.3 is 6.03 Å². The van der Waals surface area contributed by atoms with Gasteiger partial charge in [0.2, 0.25) is 0 Å². The number of hydrogen-bond acceptors (Lipinski definition) is 2. The van der Waals surface area contributed by atoms with Gasteiger partial charge in [0.15, 0.2) is 0 Å². The molecule has 2 amide bonds. The van der Waals surface area contributed by atoms with E-state index in [2.05, 4.69) is 32.9 Å². The Morgan fingerprint density at radius 3 is 2.48 bits per heavy atom. The molecule has 0 saturated heterocycles. The van der Waals surface area contributed by atoms with Crippen molar-refractivity contribution in [3.8, 4) is 0 Å². The Bertz CT molecular complexity index is 896. The molecule has 140 valence electrons. The highest BCUT2D eigenvalue weighted by Crippen LogP contribution is 2.37. The number of carbonyl (C=O) groups is 1. The maximum absolute atomic E-state index is 12.7. The van der Waals surface area contributed by atoms with Gasteiger partial charge in [-0.25, -0.2) is 9.80 Å². The number of carbonyl (C=O) groups excluding carboxylic acids is 1. The topological polar surface area (TPSA) is 44.7 Å². The molecule has 1 heterocycles. The molecule has 0 saturated carbocycles. The Labute approximate surface area is 177 Å². The molecule has 0 aromatic heterocycles. The lowest BCUT2D eigenvalue weighted by molar-refractivity contribution is 0.208. The maximum Gasteiger partial charge on any atom is 0.342 e. The quantitative estimate of drug-likeness (QED) is 0.548. The van der Waals surface area contributed by atoms with Crippen molar-refractivity contribution < 1.29 is 4.79 Å². The fourth-order valence-corrected chi connectivity index (χ4v) is 3.78. The second-order valence-electron chi connectivity index (χ2n) is 6.70. The van der Waals surface area contributed by atoms with Crippen LogP contribution in [-0.2, 0) is 0 Å². The molecule has 1 atom stereocenters. The first-order valence-electron chi connectivity index (χ1n) is 8.29. The van der Waals surface area contributed by atoms with E-state index in [1.54, 1.807) is 12.1 Å². The van der Waals surface area contributed by atoms with Gasteiger partial charge in [0.1, 0.15) is 0 Å². The van der Waals surface area contributed by atoms with Crippen molar-refractivity contribution in [2.75, 3.05) is 11.9 Å². The number of urea groups is 1. The van der Waals surface area contributed by atoms with Crippen LogP contribution < -0.4 is 5.32 Å². The van der Waals surface area contributed by atoms with Gasteiger partial charge in [-0.15, -0.1) is 0 Å². The molecule has 0 spiro atoms. The van der Waals surface area contributed by atoms with E-state index in [0.29, 0.717) is 28.7 Å². The van der Waals surface area contributed by atoms with Crippen molar-refractivity contribution in [1.82, 2.24) is 5.01 Å². The van der Waals surface area contributed by atoms with Gasteiger partial charge in [-0.05, 0) is 48.4 Å². The van der Waals surface area contributed by atoms with Gasteiger partial charge in [0.05, 0.1) is 12.3 Å². The van der Waals surface area contributed by atoms with E-state index in [1.165, 1.54) is 5.01 Å². The summed E-state index contributed by atoms with van der Waals surface area (Å²) in [4.78, 5) is 12.7. The van der Waals surface area contributed by atoms with Gasteiger partial charge < -0.3 is 5.32 Å². The number of hydrazone groups is 1. The van der Waals surface area contributed by atoms with Crippen LogP contribution in [0.3, 0.4) is 0 Å². The van der Waals surface area contributed by atoms with Crippen LogP contribution in [0.15, 0.2) is 69.7 Å². The highest BCUT2D eigenvalue weighted by molar-refractivity contribution is 9.10. The fraction of sp³-hybridized carbons (Fsp3) is 0.200. The third-order valence-corrected chi connectivity index (χ3v) is 5.23. The van der Waals surface area contributed by atoms with E-state index in [0.717, 1.165) is 15.7 Å². The molecule has 1 N–H and O–H groups in total. The molecular formula is C20H18BrCl2N3O. The lowest BCUT2D eigenvalue weighted by Gasteiger charge is -2.26. The molecule has 2 aromatic rings. The molecule has 0 aliphatic carbocycles. The lowest BCUT2D eigenvalue weighted by Crippen LogP contribution is -2.35. The minimum Gasteiger partial charge on any atom is -0.306 e. The van der Waals surface area contributed by atoms with Crippen LogP contribution in [0.4, 0.5) is 10.5 Å². The first-order valence-corrected chi connectivity index (χ1v) is 9.84. The number of nitrogens with zero attached hydrogens (tertiary/aromatic N) is 2. The second kappa shape index (κ2) is 8.05. The van der Waals surface area contributed by atoms with E-state index in [4.69, 9.17) is 23.2 Å². The van der Waals surface area contributed by atoms with E-state index in [9.17, 15) is 4.79 Å². The van der Waals surface area contributed by atoms with Crippen molar-refractivity contribution in [3.05, 3.63) is 75.2 Å². The third kappa shape index (κ3) is 4.72. The average Bonchev–Trinajstić information content (AvgIpc) is 2.94. The predicted octanol–water partition coefficient (Wildman–Crippen LogP) is 6.50. The molecule has 1 aliphatic rings. The highest BCUT2D eigenvalue weighted by atomic mass is 79.9. The minimum atomic E-state index is -0.441. The van der Waals surface area contributed by atoms with Gasteiger partial charge in [0.25, 0.3) is 0 Å². The Balaban J connectivity index is 1.87. The first-order chi connectivity index (χ1) is 12.8. The normalized spacial score (nSPS) is 19.0. The Hall–Kier alpha value is -1.82. The van der Waals surface area contributed by atoms with Crippen molar-refractivity contribution in [2.24, 2.45) is 10.5 Å². The van der Waals surface area contributed by atoms with E-state index >= 15 is 0 Å². The molecule has 0 radical (unpaired) electrons. The number of rotatable bonds is 4. The summed E-state index contributed by atoms with van der Waals surface area (Å²) in [6.45, 7) is 6.25.